The first-order valence-electron chi connectivity index (χ1n) is 6.49. The first-order chi connectivity index (χ1) is 9.09. The number of ether oxygens (including phenoxy) is 1. The molecule has 0 bridgehead atoms. The van der Waals surface area contributed by atoms with Gasteiger partial charge in [-0.05, 0) is 45.0 Å². The SMILES string of the molecule is CC(C)OCCCNCCSc1cc(Cl)ccc1Cl. The van der Waals surface area contributed by atoms with Crippen molar-refractivity contribution in [2.45, 2.75) is 31.3 Å². The van der Waals surface area contributed by atoms with Gasteiger partial charge >= 0.3 is 0 Å². The number of nitrogens with one attached hydrogen (secondary N) is 1. The van der Waals surface area contributed by atoms with Crippen LogP contribution in [0, 0.1) is 0 Å². The van der Waals surface area contributed by atoms with Gasteiger partial charge in [0.1, 0.15) is 0 Å². The van der Waals surface area contributed by atoms with E-state index in [0.29, 0.717) is 6.10 Å². The van der Waals surface area contributed by atoms with E-state index in [9.17, 15) is 0 Å². The van der Waals surface area contributed by atoms with Crippen LogP contribution in [0.1, 0.15) is 20.3 Å². The van der Waals surface area contributed by atoms with Crippen molar-refractivity contribution < 1.29 is 4.74 Å². The minimum Gasteiger partial charge on any atom is -0.379 e. The third kappa shape index (κ3) is 8.05. The largest absolute Gasteiger partial charge is 0.379 e. The number of halogens is 2. The smallest absolute Gasteiger partial charge is 0.0542 e. The van der Waals surface area contributed by atoms with E-state index in [-0.39, 0.29) is 0 Å². The summed E-state index contributed by atoms with van der Waals surface area (Å²) in [6.07, 6.45) is 1.36. The van der Waals surface area contributed by atoms with E-state index in [2.05, 4.69) is 19.2 Å². The number of benzene rings is 1. The van der Waals surface area contributed by atoms with E-state index in [4.69, 9.17) is 27.9 Å². The Balaban J connectivity index is 2.06. The molecule has 1 N–H and O–H groups in total. The molecule has 19 heavy (non-hydrogen) atoms. The maximum Gasteiger partial charge on any atom is 0.0542 e. The topological polar surface area (TPSA) is 21.3 Å². The van der Waals surface area contributed by atoms with Gasteiger partial charge in [0.2, 0.25) is 0 Å². The van der Waals surface area contributed by atoms with Crippen LogP contribution in [0.25, 0.3) is 0 Å². The molecule has 0 saturated carbocycles. The van der Waals surface area contributed by atoms with Gasteiger partial charge in [0.15, 0.2) is 0 Å². The zero-order valence-corrected chi connectivity index (χ0v) is 13.7. The van der Waals surface area contributed by atoms with Gasteiger partial charge in [-0.1, -0.05) is 23.2 Å². The lowest BCUT2D eigenvalue weighted by Gasteiger charge is -2.08. The summed E-state index contributed by atoms with van der Waals surface area (Å²) >= 11 is 13.7. The van der Waals surface area contributed by atoms with Crippen molar-refractivity contribution in [1.29, 1.82) is 0 Å². The lowest BCUT2D eigenvalue weighted by Crippen LogP contribution is -2.20. The highest BCUT2D eigenvalue weighted by Gasteiger charge is 2.01. The molecule has 0 radical (unpaired) electrons. The molecule has 0 aromatic heterocycles. The van der Waals surface area contributed by atoms with Crippen molar-refractivity contribution in [3.05, 3.63) is 28.2 Å². The minimum atomic E-state index is 0.320. The zero-order chi connectivity index (χ0) is 14.1. The van der Waals surface area contributed by atoms with Crippen LogP contribution in [0.3, 0.4) is 0 Å². The van der Waals surface area contributed by atoms with Gasteiger partial charge in [0.25, 0.3) is 0 Å². The highest BCUT2D eigenvalue weighted by atomic mass is 35.5. The maximum absolute atomic E-state index is 6.09. The molecular formula is C14H21Cl2NOS. The third-order valence-electron chi connectivity index (χ3n) is 2.38. The fourth-order valence-corrected chi connectivity index (χ4v) is 2.86. The Kier molecular flexibility index (Phi) is 8.92. The molecule has 2 nitrogen and oxygen atoms in total. The molecule has 5 heteroatoms. The fraction of sp³-hybridized carbons (Fsp3) is 0.571. The molecule has 0 heterocycles. The summed E-state index contributed by atoms with van der Waals surface area (Å²) in [5.41, 5.74) is 0. The lowest BCUT2D eigenvalue weighted by molar-refractivity contribution is 0.0772. The normalized spacial score (nSPS) is 11.2. The molecule has 0 spiro atoms. The third-order valence-corrected chi connectivity index (χ3v) is 4.11. The molecule has 0 amide bonds. The van der Waals surface area contributed by atoms with Gasteiger partial charge < -0.3 is 10.1 Å². The summed E-state index contributed by atoms with van der Waals surface area (Å²) in [6, 6.07) is 5.55. The van der Waals surface area contributed by atoms with Crippen LogP contribution in [0.2, 0.25) is 10.0 Å². The molecule has 108 valence electrons. The summed E-state index contributed by atoms with van der Waals surface area (Å²) in [5, 5.41) is 4.88. The Labute approximate surface area is 130 Å². The lowest BCUT2D eigenvalue weighted by atomic mass is 10.4. The molecular weight excluding hydrogens is 301 g/mol. The van der Waals surface area contributed by atoms with Gasteiger partial charge in [0, 0.05) is 28.8 Å². The number of hydrogen-bond donors (Lipinski definition) is 1. The van der Waals surface area contributed by atoms with Gasteiger partial charge in [-0.25, -0.2) is 0 Å². The summed E-state index contributed by atoms with van der Waals surface area (Å²) in [7, 11) is 0. The molecule has 1 aromatic rings. The van der Waals surface area contributed by atoms with Crippen LogP contribution in [-0.4, -0.2) is 31.6 Å². The van der Waals surface area contributed by atoms with Gasteiger partial charge in [-0.15, -0.1) is 11.8 Å². The first kappa shape index (κ1) is 17.1. The second-order valence-electron chi connectivity index (χ2n) is 4.45. The van der Waals surface area contributed by atoms with E-state index in [1.54, 1.807) is 17.8 Å². The van der Waals surface area contributed by atoms with Crippen LogP contribution in [0.5, 0.6) is 0 Å². The van der Waals surface area contributed by atoms with E-state index < -0.39 is 0 Å². The van der Waals surface area contributed by atoms with Crippen molar-refractivity contribution in [3.63, 3.8) is 0 Å². The zero-order valence-electron chi connectivity index (χ0n) is 11.4. The highest BCUT2D eigenvalue weighted by molar-refractivity contribution is 7.99. The predicted octanol–water partition coefficient (Wildman–Crippen LogP) is 4.49. The van der Waals surface area contributed by atoms with Crippen molar-refractivity contribution in [1.82, 2.24) is 5.32 Å². The number of hydrogen-bond acceptors (Lipinski definition) is 3. The quantitative estimate of drug-likeness (QED) is 0.535. The molecule has 0 saturated heterocycles. The summed E-state index contributed by atoms with van der Waals surface area (Å²) in [4.78, 5) is 1.04. The molecule has 0 atom stereocenters. The Bertz CT molecular complexity index is 374. The van der Waals surface area contributed by atoms with Crippen molar-refractivity contribution in [3.8, 4) is 0 Å². The van der Waals surface area contributed by atoms with E-state index in [0.717, 1.165) is 46.8 Å². The van der Waals surface area contributed by atoms with Crippen LogP contribution in [0.4, 0.5) is 0 Å². The van der Waals surface area contributed by atoms with Crippen molar-refractivity contribution in [2.24, 2.45) is 0 Å². The van der Waals surface area contributed by atoms with E-state index in [1.165, 1.54) is 0 Å². The van der Waals surface area contributed by atoms with Gasteiger partial charge in [-0.3, -0.25) is 0 Å². The first-order valence-corrected chi connectivity index (χ1v) is 8.24. The number of thioether (sulfide) groups is 1. The molecule has 1 rings (SSSR count). The number of rotatable bonds is 9. The Morgan fingerprint density at radius 2 is 2.05 bits per heavy atom. The molecule has 0 unspecified atom stereocenters. The highest BCUT2D eigenvalue weighted by Crippen LogP contribution is 2.29. The predicted molar refractivity (Wildman–Crippen MR) is 85.8 cm³/mol. The average molecular weight is 322 g/mol. The van der Waals surface area contributed by atoms with Crippen LogP contribution >= 0.6 is 35.0 Å². The van der Waals surface area contributed by atoms with Gasteiger partial charge in [0.05, 0.1) is 11.1 Å². The van der Waals surface area contributed by atoms with Crippen molar-refractivity contribution in [2.75, 3.05) is 25.4 Å². The molecule has 0 aliphatic heterocycles. The van der Waals surface area contributed by atoms with Crippen LogP contribution in [0.15, 0.2) is 23.1 Å². The summed E-state index contributed by atoms with van der Waals surface area (Å²) in [5.74, 6) is 0.977. The Morgan fingerprint density at radius 3 is 2.79 bits per heavy atom. The molecule has 0 fully saturated rings. The second-order valence-corrected chi connectivity index (χ2v) is 6.43. The molecule has 0 aliphatic rings. The Morgan fingerprint density at radius 1 is 1.26 bits per heavy atom. The maximum atomic E-state index is 6.09. The van der Waals surface area contributed by atoms with Crippen molar-refractivity contribution >= 4 is 35.0 Å². The monoisotopic (exact) mass is 321 g/mol. The summed E-state index contributed by atoms with van der Waals surface area (Å²) < 4.78 is 5.47. The molecule has 0 aliphatic carbocycles. The average Bonchev–Trinajstić information content (AvgIpc) is 2.36. The van der Waals surface area contributed by atoms with E-state index in [1.807, 2.05) is 12.1 Å². The Hall–Kier alpha value is 0.0700. The van der Waals surface area contributed by atoms with Crippen LogP contribution < -0.4 is 5.32 Å². The minimum absolute atomic E-state index is 0.320. The second kappa shape index (κ2) is 9.89. The molecule has 1 aromatic carbocycles. The van der Waals surface area contributed by atoms with Crippen LogP contribution in [-0.2, 0) is 4.74 Å². The fourth-order valence-electron chi connectivity index (χ4n) is 1.46. The summed E-state index contributed by atoms with van der Waals surface area (Å²) in [6.45, 7) is 6.86. The van der Waals surface area contributed by atoms with Gasteiger partial charge in [-0.2, -0.15) is 0 Å². The standard InChI is InChI=1S/C14H21Cl2NOS/c1-11(2)18-8-3-6-17-7-9-19-14-10-12(15)4-5-13(14)16/h4-5,10-11,17H,3,6-9H2,1-2H3. The van der Waals surface area contributed by atoms with E-state index >= 15 is 0 Å².